The van der Waals surface area contributed by atoms with Crippen LogP contribution in [0.1, 0.15) is 19.3 Å². The van der Waals surface area contributed by atoms with Gasteiger partial charge in [0.1, 0.15) is 6.54 Å². The van der Waals surface area contributed by atoms with Crippen LogP contribution in [0.25, 0.3) is 0 Å². The maximum absolute atomic E-state index is 11.4. The van der Waals surface area contributed by atoms with Crippen LogP contribution in [0.3, 0.4) is 0 Å². The number of nitrogens with zero attached hydrogens (tertiary/aromatic N) is 3. The number of hydrogen-bond acceptors (Lipinski definition) is 4. The van der Waals surface area contributed by atoms with Gasteiger partial charge in [0.2, 0.25) is 0 Å². The Morgan fingerprint density at radius 2 is 2.47 bits per heavy atom. The number of anilines is 1. The van der Waals surface area contributed by atoms with E-state index in [1.165, 1.54) is 12.5 Å². The molecule has 2 rings (SSSR count). The number of nitriles is 1. The first-order valence-corrected chi connectivity index (χ1v) is 5.00. The minimum Gasteiger partial charge on any atom is -0.381 e. The number of nitrogens with one attached hydrogen (secondary N) is 1. The molecule has 0 atom stereocenters. The fraction of sp³-hybridized carbons (Fsp3) is 0.500. The summed E-state index contributed by atoms with van der Waals surface area (Å²) in [5.74, 6) is 0. The second-order valence-electron chi connectivity index (χ2n) is 3.67. The maximum Gasteiger partial charge on any atom is 0.269 e. The molecule has 0 saturated heterocycles. The van der Waals surface area contributed by atoms with Crippen LogP contribution in [0.4, 0.5) is 5.69 Å². The van der Waals surface area contributed by atoms with Gasteiger partial charge < -0.3 is 5.32 Å². The van der Waals surface area contributed by atoms with Crippen LogP contribution >= 0.6 is 0 Å². The van der Waals surface area contributed by atoms with Crippen LogP contribution in [0.15, 0.2) is 17.1 Å². The Bertz CT molecular complexity index is 441. The van der Waals surface area contributed by atoms with E-state index in [9.17, 15) is 4.79 Å². The minimum absolute atomic E-state index is 0.00252. The molecule has 1 heterocycles. The molecule has 1 aromatic heterocycles. The normalized spacial score (nSPS) is 15.4. The maximum atomic E-state index is 11.4. The second-order valence-corrected chi connectivity index (χ2v) is 3.67. The molecule has 15 heavy (non-hydrogen) atoms. The molecule has 0 bridgehead atoms. The fourth-order valence-corrected chi connectivity index (χ4v) is 1.49. The zero-order valence-corrected chi connectivity index (χ0v) is 8.31. The lowest BCUT2D eigenvalue weighted by Gasteiger charge is -2.27. The largest absolute Gasteiger partial charge is 0.381 e. The summed E-state index contributed by atoms with van der Waals surface area (Å²) in [4.78, 5) is 11.4. The fourth-order valence-electron chi connectivity index (χ4n) is 1.49. The van der Waals surface area contributed by atoms with E-state index in [1.807, 2.05) is 6.07 Å². The van der Waals surface area contributed by atoms with Crippen molar-refractivity contribution >= 4 is 5.69 Å². The van der Waals surface area contributed by atoms with Crippen LogP contribution in [-0.4, -0.2) is 15.8 Å². The van der Waals surface area contributed by atoms with Gasteiger partial charge in [-0.15, -0.1) is 0 Å². The van der Waals surface area contributed by atoms with Crippen molar-refractivity contribution in [3.05, 3.63) is 22.6 Å². The van der Waals surface area contributed by atoms with E-state index < -0.39 is 0 Å². The lowest BCUT2D eigenvalue weighted by molar-refractivity contribution is 0.445. The highest BCUT2D eigenvalue weighted by molar-refractivity contribution is 5.40. The molecule has 1 N–H and O–H groups in total. The Morgan fingerprint density at radius 3 is 3.00 bits per heavy atom. The van der Waals surface area contributed by atoms with Crippen molar-refractivity contribution in [2.75, 3.05) is 5.32 Å². The summed E-state index contributed by atoms with van der Waals surface area (Å²) in [6.07, 6.45) is 5.15. The van der Waals surface area contributed by atoms with Crippen molar-refractivity contribution in [3.63, 3.8) is 0 Å². The van der Waals surface area contributed by atoms with E-state index in [0.717, 1.165) is 23.2 Å². The average molecular weight is 204 g/mol. The van der Waals surface area contributed by atoms with E-state index >= 15 is 0 Å². The molecule has 1 aliphatic rings. The summed E-state index contributed by atoms with van der Waals surface area (Å²) in [7, 11) is 0. The molecule has 0 unspecified atom stereocenters. The lowest BCUT2D eigenvalue weighted by Crippen LogP contribution is -2.29. The van der Waals surface area contributed by atoms with Crippen molar-refractivity contribution in [1.29, 1.82) is 5.26 Å². The van der Waals surface area contributed by atoms with Crippen LogP contribution in [0, 0.1) is 11.3 Å². The Morgan fingerprint density at radius 1 is 1.67 bits per heavy atom. The van der Waals surface area contributed by atoms with E-state index in [0.29, 0.717) is 6.04 Å². The number of rotatable bonds is 3. The van der Waals surface area contributed by atoms with Crippen molar-refractivity contribution < 1.29 is 0 Å². The van der Waals surface area contributed by atoms with E-state index in [1.54, 1.807) is 6.20 Å². The first-order valence-electron chi connectivity index (χ1n) is 5.00. The third-order valence-corrected chi connectivity index (χ3v) is 2.57. The molecule has 1 aromatic rings. The molecule has 1 fully saturated rings. The summed E-state index contributed by atoms with van der Waals surface area (Å²) in [6, 6.07) is 3.86. The number of aromatic nitrogens is 2. The van der Waals surface area contributed by atoms with Gasteiger partial charge in [-0.25, -0.2) is 4.68 Å². The first kappa shape index (κ1) is 9.71. The first-order chi connectivity index (χ1) is 7.29. The van der Waals surface area contributed by atoms with Crippen LogP contribution in [0.5, 0.6) is 0 Å². The zero-order valence-electron chi connectivity index (χ0n) is 8.31. The van der Waals surface area contributed by atoms with Crippen molar-refractivity contribution in [2.24, 2.45) is 0 Å². The van der Waals surface area contributed by atoms with Crippen molar-refractivity contribution in [1.82, 2.24) is 9.78 Å². The highest BCUT2D eigenvalue weighted by Gasteiger charge is 2.16. The van der Waals surface area contributed by atoms with Crippen LogP contribution in [0.2, 0.25) is 0 Å². The van der Waals surface area contributed by atoms with Gasteiger partial charge in [-0.2, -0.15) is 10.4 Å². The highest BCUT2D eigenvalue weighted by Crippen LogP contribution is 2.21. The van der Waals surface area contributed by atoms with Gasteiger partial charge in [-0.1, -0.05) is 0 Å². The molecule has 0 spiro atoms. The van der Waals surface area contributed by atoms with Crippen molar-refractivity contribution in [2.45, 2.75) is 31.8 Å². The topological polar surface area (TPSA) is 70.7 Å². The zero-order chi connectivity index (χ0) is 10.7. The second kappa shape index (κ2) is 4.13. The Kier molecular flexibility index (Phi) is 2.68. The molecule has 5 heteroatoms. The lowest BCUT2D eigenvalue weighted by atomic mass is 9.93. The van der Waals surface area contributed by atoms with Gasteiger partial charge >= 0.3 is 0 Å². The predicted molar refractivity (Wildman–Crippen MR) is 55.4 cm³/mol. The van der Waals surface area contributed by atoms with E-state index in [2.05, 4.69) is 10.4 Å². The minimum atomic E-state index is -0.235. The third-order valence-electron chi connectivity index (χ3n) is 2.57. The summed E-state index contributed by atoms with van der Waals surface area (Å²) < 4.78 is 1.14. The van der Waals surface area contributed by atoms with Gasteiger partial charge in [-0.05, 0) is 19.3 Å². The highest BCUT2D eigenvalue weighted by atomic mass is 16.1. The standard InChI is InChI=1S/C10H12N4O/c11-4-5-14-10(15)6-9(7-12-14)13-8-2-1-3-8/h6-8,13H,1-3,5H2. The van der Waals surface area contributed by atoms with Gasteiger partial charge in [0.15, 0.2) is 0 Å². The summed E-state index contributed by atoms with van der Waals surface area (Å²) >= 11 is 0. The van der Waals surface area contributed by atoms with Crippen LogP contribution in [-0.2, 0) is 6.54 Å². The van der Waals surface area contributed by atoms with Crippen molar-refractivity contribution in [3.8, 4) is 6.07 Å². The Balaban J connectivity index is 2.10. The molecular weight excluding hydrogens is 192 g/mol. The van der Waals surface area contributed by atoms with Gasteiger partial charge in [-0.3, -0.25) is 4.79 Å². The van der Waals surface area contributed by atoms with Gasteiger partial charge in [0.25, 0.3) is 5.56 Å². The molecule has 0 aliphatic heterocycles. The molecule has 5 nitrogen and oxygen atoms in total. The molecule has 78 valence electrons. The molecular formula is C10H12N4O. The monoisotopic (exact) mass is 204 g/mol. The molecule has 1 aliphatic carbocycles. The molecule has 0 amide bonds. The average Bonchev–Trinajstić information content (AvgIpc) is 2.16. The van der Waals surface area contributed by atoms with Gasteiger partial charge in [0, 0.05) is 12.1 Å². The van der Waals surface area contributed by atoms with E-state index in [-0.39, 0.29) is 12.1 Å². The third kappa shape index (κ3) is 2.15. The Hall–Kier alpha value is -1.83. The molecule has 0 aromatic carbocycles. The summed E-state index contributed by atoms with van der Waals surface area (Å²) in [5.41, 5.74) is 0.514. The Labute approximate surface area is 87.3 Å². The van der Waals surface area contributed by atoms with Crippen LogP contribution < -0.4 is 10.9 Å². The number of hydrogen-bond donors (Lipinski definition) is 1. The van der Waals surface area contributed by atoms with Gasteiger partial charge in [0.05, 0.1) is 18.0 Å². The van der Waals surface area contributed by atoms with E-state index in [4.69, 9.17) is 5.26 Å². The molecule has 1 saturated carbocycles. The predicted octanol–water partition coefficient (Wildman–Crippen LogP) is 0.731. The SMILES string of the molecule is N#CCn1ncc(NC2CCC2)cc1=O. The summed E-state index contributed by atoms with van der Waals surface area (Å²) in [5, 5.41) is 15.6. The smallest absolute Gasteiger partial charge is 0.269 e. The quantitative estimate of drug-likeness (QED) is 0.788. The molecule has 0 radical (unpaired) electrons. The summed E-state index contributed by atoms with van der Waals surface area (Å²) in [6.45, 7) is 0.00252.